The Morgan fingerprint density at radius 3 is 2.70 bits per heavy atom. The van der Waals surface area contributed by atoms with Crippen molar-refractivity contribution in [3.63, 3.8) is 0 Å². The smallest absolute Gasteiger partial charge is 0.293 e. The number of fused-ring (bicyclic) bond motifs is 1. The highest BCUT2D eigenvalue weighted by molar-refractivity contribution is 7.21. The minimum Gasteiger partial charge on any atom is -0.497 e. The van der Waals surface area contributed by atoms with E-state index in [-0.39, 0.29) is 0 Å². The molecule has 2 aromatic carbocycles. The minimum absolute atomic E-state index is 0.362. The molecule has 0 radical (unpaired) electrons. The molecule has 0 amide bonds. The van der Waals surface area contributed by atoms with E-state index in [0.717, 1.165) is 33.9 Å². The van der Waals surface area contributed by atoms with Crippen molar-refractivity contribution >= 4 is 44.5 Å². The Morgan fingerprint density at radius 2 is 2.00 bits per heavy atom. The molecule has 0 saturated carbocycles. The number of benzene rings is 2. The number of carbonyl (C=O) groups excluding carboxylic acids is 1. The molecular weight excluding hydrogens is 364 g/mol. The second-order valence-corrected chi connectivity index (χ2v) is 6.60. The Balaban J connectivity index is 1.69. The number of thiazole rings is 1. The van der Waals surface area contributed by atoms with E-state index in [1.165, 1.54) is 11.3 Å². The average Bonchev–Trinajstić information content (AvgIpc) is 3.12. The van der Waals surface area contributed by atoms with Crippen LogP contribution in [0.1, 0.15) is 6.92 Å². The molecular formula is C19H20N4O3S. The van der Waals surface area contributed by atoms with Crippen LogP contribution >= 0.6 is 11.3 Å². The molecule has 0 unspecified atom stereocenters. The highest BCUT2D eigenvalue weighted by Crippen LogP contribution is 2.32. The second-order valence-electron chi connectivity index (χ2n) is 5.59. The zero-order chi connectivity index (χ0) is 19.1. The first-order valence-corrected chi connectivity index (χ1v) is 9.31. The van der Waals surface area contributed by atoms with Crippen LogP contribution in [0.3, 0.4) is 0 Å². The molecule has 3 aromatic rings. The summed E-state index contributed by atoms with van der Waals surface area (Å²) < 4.78 is 11.0. The van der Waals surface area contributed by atoms with Gasteiger partial charge in [-0.15, -0.1) is 10.2 Å². The van der Waals surface area contributed by atoms with Gasteiger partial charge >= 0.3 is 0 Å². The number of rotatable bonds is 9. The molecule has 1 heterocycles. The Labute approximate surface area is 161 Å². The van der Waals surface area contributed by atoms with Gasteiger partial charge in [0.15, 0.2) is 0 Å². The summed E-state index contributed by atoms with van der Waals surface area (Å²) >= 11 is 1.47. The topological polar surface area (TPSA) is 76.4 Å². The van der Waals surface area contributed by atoms with Gasteiger partial charge in [0.1, 0.15) is 12.4 Å². The number of aromatic nitrogens is 1. The molecule has 0 aliphatic carbocycles. The first kappa shape index (κ1) is 18.8. The van der Waals surface area contributed by atoms with Crippen molar-refractivity contribution in [3.05, 3.63) is 42.5 Å². The number of likely N-dealkylation sites (N-methyl/N-ethyl adjacent to an activating group) is 1. The summed E-state index contributed by atoms with van der Waals surface area (Å²) in [6, 6.07) is 13.5. The number of hydrogen-bond donors (Lipinski definition) is 0. The lowest BCUT2D eigenvalue weighted by atomic mass is 10.2. The zero-order valence-electron chi connectivity index (χ0n) is 15.2. The molecule has 8 heteroatoms. The standard InChI is InChI=1S/C19H20N4O3S/c1-3-23(10-11-26-13-24)15-6-4-14(5-7-15)21-22-19-20-17-9-8-16(25-2)12-18(17)27-19/h4-9,12-13H,3,10-11H2,1-2H3/b22-21+. The van der Waals surface area contributed by atoms with Crippen molar-refractivity contribution in [2.24, 2.45) is 10.2 Å². The van der Waals surface area contributed by atoms with Gasteiger partial charge in [0.2, 0.25) is 5.13 Å². The first-order chi connectivity index (χ1) is 13.2. The Morgan fingerprint density at radius 1 is 1.19 bits per heavy atom. The number of carbonyl (C=O) groups is 1. The fourth-order valence-electron chi connectivity index (χ4n) is 2.57. The van der Waals surface area contributed by atoms with Crippen LogP contribution in [0.5, 0.6) is 5.75 Å². The Hall–Kier alpha value is -3.00. The summed E-state index contributed by atoms with van der Waals surface area (Å²) in [7, 11) is 1.64. The summed E-state index contributed by atoms with van der Waals surface area (Å²) in [5.74, 6) is 0.796. The van der Waals surface area contributed by atoms with Crippen molar-refractivity contribution in [1.29, 1.82) is 0 Å². The molecule has 0 aliphatic heterocycles. The molecule has 1 aromatic heterocycles. The van der Waals surface area contributed by atoms with E-state index in [4.69, 9.17) is 9.47 Å². The lowest BCUT2D eigenvalue weighted by molar-refractivity contribution is -0.128. The van der Waals surface area contributed by atoms with Gasteiger partial charge in [0.05, 0.1) is 29.6 Å². The van der Waals surface area contributed by atoms with E-state index in [1.807, 2.05) is 42.5 Å². The van der Waals surface area contributed by atoms with E-state index in [2.05, 4.69) is 27.0 Å². The van der Waals surface area contributed by atoms with Gasteiger partial charge in [-0.05, 0) is 49.4 Å². The minimum atomic E-state index is 0.362. The molecule has 0 bridgehead atoms. The second kappa shape index (κ2) is 9.09. The van der Waals surface area contributed by atoms with E-state index in [0.29, 0.717) is 24.8 Å². The van der Waals surface area contributed by atoms with Crippen LogP contribution in [-0.4, -0.2) is 38.3 Å². The predicted molar refractivity (Wildman–Crippen MR) is 107 cm³/mol. The lowest BCUT2D eigenvalue weighted by Gasteiger charge is -2.22. The van der Waals surface area contributed by atoms with Gasteiger partial charge in [-0.2, -0.15) is 0 Å². The number of ether oxygens (including phenoxy) is 2. The molecule has 0 saturated heterocycles. The van der Waals surface area contributed by atoms with E-state index < -0.39 is 0 Å². The summed E-state index contributed by atoms with van der Waals surface area (Å²) in [6.45, 7) is 4.34. The van der Waals surface area contributed by atoms with Gasteiger partial charge in [-0.1, -0.05) is 11.3 Å². The number of nitrogens with zero attached hydrogens (tertiary/aromatic N) is 4. The lowest BCUT2D eigenvalue weighted by Crippen LogP contribution is -2.26. The largest absolute Gasteiger partial charge is 0.497 e. The summed E-state index contributed by atoms with van der Waals surface area (Å²) in [5.41, 5.74) is 2.66. The summed E-state index contributed by atoms with van der Waals surface area (Å²) in [5, 5.41) is 9.11. The first-order valence-electron chi connectivity index (χ1n) is 8.50. The Kier molecular flexibility index (Phi) is 6.32. The van der Waals surface area contributed by atoms with Gasteiger partial charge in [0, 0.05) is 12.2 Å². The third-order valence-electron chi connectivity index (χ3n) is 3.98. The molecule has 0 spiro atoms. The SMILES string of the molecule is CCN(CCOC=O)c1ccc(/N=N/c2nc3ccc(OC)cc3s2)cc1. The van der Waals surface area contributed by atoms with Crippen LogP contribution in [0.2, 0.25) is 0 Å². The molecule has 7 nitrogen and oxygen atoms in total. The maximum atomic E-state index is 10.3. The normalized spacial score (nSPS) is 11.0. The van der Waals surface area contributed by atoms with Gasteiger partial charge in [0.25, 0.3) is 6.47 Å². The van der Waals surface area contributed by atoms with Gasteiger partial charge < -0.3 is 14.4 Å². The summed E-state index contributed by atoms with van der Waals surface area (Å²) in [4.78, 5) is 16.8. The highest BCUT2D eigenvalue weighted by atomic mass is 32.1. The fourth-order valence-corrected chi connectivity index (χ4v) is 3.39. The predicted octanol–water partition coefficient (Wildman–Crippen LogP) is 4.72. The van der Waals surface area contributed by atoms with Crippen LogP contribution < -0.4 is 9.64 Å². The number of azo groups is 1. The highest BCUT2D eigenvalue weighted by Gasteiger charge is 2.06. The third kappa shape index (κ3) is 4.79. The van der Waals surface area contributed by atoms with Gasteiger partial charge in [-0.3, -0.25) is 4.79 Å². The number of anilines is 1. The van der Waals surface area contributed by atoms with Crippen LogP contribution in [-0.2, 0) is 9.53 Å². The van der Waals surface area contributed by atoms with Crippen LogP contribution in [0.15, 0.2) is 52.7 Å². The molecule has 0 atom stereocenters. The third-order valence-corrected chi connectivity index (χ3v) is 4.88. The maximum absolute atomic E-state index is 10.3. The fraction of sp³-hybridized carbons (Fsp3) is 0.263. The van der Waals surface area contributed by atoms with Crippen molar-refractivity contribution in [3.8, 4) is 5.75 Å². The Bertz CT molecular complexity index is 924. The van der Waals surface area contributed by atoms with Crippen molar-refractivity contribution in [2.45, 2.75) is 6.92 Å². The van der Waals surface area contributed by atoms with Crippen LogP contribution in [0, 0.1) is 0 Å². The molecule has 140 valence electrons. The zero-order valence-corrected chi connectivity index (χ0v) is 16.0. The maximum Gasteiger partial charge on any atom is 0.293 e. The van der Waals surface area contributed by atoms with Crippen molar-refractivity contribution in [1.82, 2.24) is 4.98 Å². The molecule has 3 rings (SSSR count). The quantitative estimate of drug-likeness (QED) is 0.303. The van der Waals surface area contributed by atoms with Crippen LogP contribution in [0.4, 0.5) is 16.5 Å². The molecule has 0 aliphatic rings. The van der Waals surface area contributed by atoms with Crippen LogP contribution in [0.25, 0.3) is 10.2 Å². The van der Waals surface area contributed by atoms with E-state index >= 15 is 0 Å². The van der Waals surface area contributed by atoms with Gasteiger partial charge in [-0.25, -0.2) is 4.98 Å². The number of hydrogen-bond acceptors (Lipinski definition) is 8. The van der Waals surface area contributed by atoms with Crippen molar-refractivity contribution < 1.29 is 14.3 Å². The summed E-state index contributed by atoms with van der Waals surface area (Å²) in [6.07, 6.45) is 0. The number of methoxy groups -OCH3 is 1. The molecule has 27 heavy (non-hydrogen) atoms. The monoisotopic (exact) mass is 384 g/mol. The van der Waals surface area contributed by atoms with Crippen molar-refractivity contribution in [2.75, 3.05) is 31.7 Å². The average molecular weight is 384 g/mol. The molecule has 0 fully saturated rings. The van der Waals surface area contributed by atoms with E-state index in [9.17, 15) is 4.79 Å². The van der Waals surface area contributed by atoms with E-state index in [1.54, 1.807) is 7.11 Å². The molecule has 0 N–H and O–H groups in total.